The predicted molar refractivity (Wildman–Crippen MR) is 56.8 cm³/mol. The molecule has 1 atom stereocenters. The van der Waals surface area contributed by atoms with Crippen LogP contribution in [0.4, 0.5) is 4.39 Å². The molecule has 4 heteroatoms. The first kappa shape index (κ1) is 12.0. The van der Waals surface area contributed by atoms with Gasteiger partial charge in [-0.25, -0.2) is 4.39 Å². The lowest BCUT2D eigenvalue weighted by Gasteiger charge is -2.14. The maximum absolute atomic E-state index is 13.6. The summed E-state index contributed by atoms with van der Waals surface area (Å²) in [4.78, 5) is 10.5. The molecule has 0 bridgehead atoms. The van der Waals surface area contributed by atoms with Crippen LogP contribution in [0, 0.1) is 12.7 Å². The van der Waals surface area contributed by atoms with Gasteiger partial charge in [-0.15, -0.1) is 0 Å². The van der Waals surface area contributed by atoms with Crippen molar-refractivity contribution in [3.8, 4) is 0 Å². The summed E-state index contributed by atoms with van der Waals surface area (Å²) >= 11 is 5.64. The van der Waals surface area contributed by atoms with E-state index >= 15 is 0 Å². The lowest BCUT2D eigenvalue weighted by Crippen LogP contribution is -2.07. The highest BCUT2D eigenvalue weighted by atomic mass is 35.5. The molecule has 1 aromatic rings. The number of hydrogen-bond acceptors (Lipinski definition) is 1. The quantitative estimate of drug-likeness (QED) is 0.865. The van der Waals surface area contributed by atoms with Gasteiger partial charge in [0.2, 0.25) is 0 Å². The highest BCUT2D eigenvalue weighted by Gasteiger charge is 2.18. The third-order valence-corrected chi connectivity index (χ3v) is 2.62. The van der Waals surface area contributed by atoms with E-state index in [4.69, 9.17) is 16.7 Å². The minimum Gasteiger partial charge on any atom is -0.481 e. The van der Waals surface area contributed by atoms with E-state index in [2.05, 4.69) is 0 Å². The fourth-order valence-corrected chi connectivity index (χ4v) is 1.80. The van der Waals surface area contributed by atoms with E-state index in [1.165, 1.54) is 6.07 Å². The van der Waals surface area contributed by atoms with Gasteiger partial charge in [-0.05, 0) is 30.0 Å². The summed E-state index contributed by atoms with van der Waals surface area (Å²) in [5, 5.41) is 8.68. The fraction of sp³-hybridized carbons (Fsp3) is 0.364. The molecule has 0 aliphatic carbocycles. The molecular formula is C11H12ClFO2. The molecule has 0 aliphatic rings. The summed E-state index contributed by atoms with van der Waals surface area (Å²) in [6, 6.07) is 3.17. The van der Waals surface area contributed by atoms with E-state index < -0.39 is 11.8 Å². The van der Waals surface area contributed by atoms with Gasteiger partial charge in [0.15, 0.2) is 0 Å². The zero-order valence-electron chi connectivity index (χ0n) is 8.55. The molecule has 82 valence electrons. The van der Waals surface area contributed by atoms with Crippen molar-refractivity contribution in [3.05, 3.63) is 34.1 Å². The second kappa shape index (κ2) is 4.62. The number of hydrogen-bond donors (Lipinski definition) is 1. The summed E-state index contributed by atoms with van der Waals surface area (Å²) in [7, 11) is 0. The van der Waals surface area contributed by atoms with Gasteiger partial charge in [0, 0.05) is 0 Å². The molecule has 1 unspecified atom stereocenters. The Labute approximate surface area is 92.7 Å². The van der Waals surface area contributed by atoms with Gasteiger partial charge in [0.05, 0.1) is 11.4 Å². The Bertz CT molecular complexity index is 390. The second-order valence-electron chi connectivity index (χ2n) is 3.59. The van der Waals surface area contributed by atoms with Crippen LogP contribution in [0.25, 0.3) is 0 Å². The van der Waals surface area contributed by atoms with Gasteiger partial charge in [-0.3, -0.25) is 4.79 Å². The minimum absolute atomic E-state index is 0.0350. The highest BCUT2D eigenvalue weighted by molar-refractivity contribution is 6.30. The van der Waals surface area contributed by atoms with E-state index in [0.29, 0.717) is 5.56 Å². The van der Waals surface area contributed by atoms with Crippen molar-refractivity contribution in [2.45, 2.75) is 26.2 Å². The van der Waals surface area contributed by atoms with Crippen molar-refractivity contribution < 1.29 is 14.3 Å². The van der Waals surface area contributed by atoms with E-state index in [-0.39, 0.29) is 17.4 Å². The third kappa shape index (κ3) is 2.69. The maximum atomic E-state index is 13.6. The number of aryl methyl sites for hydroxylation is 1. The number of carbonyl (C=O) groups is 1. The Balaban J connectivity index is 3.12. The Kier molecular flexibility index (Phi) is 3.69. The Morgan fingerprint density at radius 2 is 2.20 bits per heavy atom. The zero-order valence-corrected chi connectivity index (χ0v) is 9.31. The summed E-state index contributed by atoms with van der Waals surface area (Å²) in [6.45, 7) is 3.42. The van der Waals surface area contributed by atoms with Gasteiger partial charge >= 0.3 is 5.97 Å². The van der Waals surface area contributed by atoms with E-state index in [0.717, 1.165) is 5.56 Å². The molecule has 0 saturated carbocycles. The van der Waals surface area contributed by atoms with Crippen molar-refractivity contribution in [1.29, 1.82) is 0 Å². The van der Waals surface area contributed by atoms with Crippen LogP contribution in [0.1, 0.15) is 30.4 Å². The molecule has 0 aromatic heterocycles. The van der Waals surface area contributed by atoms with E-state index in [1.807, 2.05) is 0 Å². The lowest BCUT2D eigenvalue weighted by atomic mass is 9.93. The monoisotopic (exact) mass is 230 g/mol. The van der Waals surface area contributed by atoms with E-state index in [1.54, 1.807) is 19.9 Å². The minimum atomic E-state index is -0.943. The average molecular weight is 231 g/mol. The molecule has 1 rings (SSSR count). The highest BCUT2D eigenvalue weighted by Crippen LogP contribution is 2.29. The molecule has 2 nitrogen and oxygen atoms in total. The predicted octanol–water partition coefficient (Wildman–Crippen LogP) is 3.37. The number of rotatable bonds is 3. The molecule has 0 amide bonds. The summed E-state index contributed by atoms with van der Waals surface area (Å²) in [5.74, 6) is -1.83. The molecule has 15 heavy (non-hydrogen) atoms. The first-order chi connectivity index (χ1) is 6.93. The lowest BCUT2D eigenvalue weighted by molar-refractivity contribution is -0.137. The summed E-state index contributed by atoms with van der Waals surface area (Å²) in [6.07, 6.45) is -0.0991. The standard InChI is InChI=1S/C11H12ClFO2/c1-6-3-4-8(12)11(13)10(6)7(2)5-9(14)15/h3-4,7H,5H2,1-2H3,(H,14,15). The fourth-order valence-electron chi connectivity index (χ4n) is 1.63. The van der Waals surface area contributed by atoms with Crippen LogP contribution >= 0.6 is 11.6 Å². The SMILES string of the molecule is Cc1ccc(Cl)c(F)c1C(C)CC(=O)O. The van der Waals surface area contributed by atoms with Crippen LogP contribution in [0.15, 0.2) is 12.1 Å². The largest absolute Gasteiger partial charge is 0.481 e. The molecule has 1 aromatic carbocycles. The summed E-state index contributed by atoms with van der Waals surface area (Å²) in [5.41, 5.74) is 1.12. The molecule has 0 heterocycles. The first-order valence-corrected chi connectivity index (χ1v) is 4.97. The molecule has 0 fully saturated rings. The topological polar surface area (TPSA) is 37.3 Å². The Morgan fingerprint density at radius 1 is 1.60 bits per heavy atom. The smallest absolute Gasteiger partial charge is 0.303 e. The average Bonchev–Trinajstić information content (AvgIpc) is 2.11. The van der Waals surface area contributed by atoms with Crippen molar-refractivity contribution in [1.82, 2.24) is 0 Å². The van der Waals surface area contributed by atoms with Gasteiger partial charge in [-0.1, -0.05) is 24.6 Å². The number of carboxylic acids is 1. The van der Waals surface area contributed by atoms with Gasteiger partial charge in [0.25, 0.3) is 0 Å². The molecule has 0 saturated heterocycles. The van der Waals surface area contributed by atoms with Gasteiger partial charge in [0.1, 0.15) is 5.82 Å². The molecule has 1 N–H and O–H groups in total. The molecule has 0 radical (unpaired) electrons. The van der Waals surface area contributed by atoms with Crippen molar-refractivity contribution >= 4 is 17.6 Å². The third-order valence-electron chi connectivity index (χ3n) is 2.32. The van der Waals surface area contributed by atoms with Gasteiger partial charge in [-0.2, -0.15) is 0 Å². The van der Waals surface area contributed by atoms with Crippen LogP contribution in [-0.4, -0.2) is 11.1 Å². The second-order valence-corrected chi connectivity index (χ2v) is 4.00. The molecule has 0 aliphatic heterocycles. The number of carboxylic acid groups (broad SMARTS) is 1. The van der Waals surface area contributed by atoms with Crippen LogP contribution in [-0.2, 0) is 4.79 Å². The van der Waals surface area contributed by atoms with Crippen molar-refractivity contribution in [3.63, 3.8) is 0 Å². The van der Waals surface area contributed by atoms with Crippen molar-refractivity contribution in [2.75, 3.05) is 0 Å². The Morgan fingerprint density at radius 3 is 2.73 bits per heavy atom. The first-order valence-electron chi connectivity index (χ1n) is 4.59. The van der Waals surface area contributed by atoms with Crippen LogP contribution in [0.5, 0.6) is 0 Å². The maximum Gasteiger partial charge on any atom is 0.303 e. The van der Waals surface area contributed by atoms with Gasteiger partial charge < -0.3 is 5.11 Å². The number of aliphatic carboxylic acids is 1. The van der Waals surface area contributed by atoms with Crippen LogP contribution < -0.4 is 0 Å². The van der Waals surface area contributed by atoms with E-state index in [9.17, 15) is 9.18 Å². The van der Waals surface area contributed by atoms with Crippen LogP contribution in [0.2, 0.25) is 5.02 Å². The molecular weight excluding hydrogens is 219 g/mol. The Hall–Kier alpha value is -1.09. The van der Waals surface area contributed by atoms with Crippen LogP contribution in [0.3, 0.4) is 0 Å². The number of halogens is 2. The zero-order chi connectivity index (χ0) is 11.6. The number of benzene rings is 1. The molecule has 0 spiro atoms. The normalized spacial score (nSPS) is 12.5. The van der Waals surface area contributed by atoms with Crippen molar-refractivity contribution in [2.24, 2.45) is 0 Å². The summed E-state index contributed by atoms with van der Waals surface area (Å²) < 4.78 is 13.6.